The first-order valence-corrected chi connectivity index (χ1v) is 13.1. The van der Waals surface area contributed by atoms with Gasteiger partial charge in [0, 0.05) is 12.6 Å². The molecule has 2 N–H and O–H groups in total. The van der Waals surface area contributed by atoms with Gasteiger partial charge >= 0.3 is 0 Å². The standard InChI is InChI=1S/C23H25BrN4O4S/c24-20-13-16(27-33(30,31)19-6-2-1-3-7-19)9-11-22(20)32-15-17-8-10-21(26-17)23(29)28-12-4-5-18(28)14-25/h1-3,6-7,9,11,13,17-18,21,26-27H,4-5,8,10,12,15H2/t17-,18+,21+/m1/s1. The number of carbonyl (C=O) groups excluding carboxylic acids is 1. The Morgan fingerprint density at radius 2 is 2.00 bits per heavy atom. The maximum atomic E-state index is 12.8. The van der Waals surface area contributed by atoms with Crippen LogP contribution < -0.4 is 14.8 Å². The molecule has 4 rings (SSSR count). The van der Waals surface area contributed by atoms with Crippen molar-refractivity contribution in [2.75, 3.05) is 17.9 Å². The van der Waals surface area contributed by atoms with E-state index in [1.807, 2.05) is 0 Å². The Hall–Kier alpha value is -2.61. The van der Waals surface area contributed by atoms with Gasteiger partial charge in [-0.15, -0.1) is 0 Å². The molecule has 2 aromatic rings. The normalized spacial score (nSPS) is 22.7. The van der Waals surface area contributed by atoms with Gasteiger partial charge in [0.05, 0.1) is 27.2 Å². The number of hydrogen-bond donors (Lipinski definition) is 2. The fourth-order valence-electron chi connectivity index (χ4n) is 4.20. The Morgan fingerprint density at radius 3 is 2.73 bits per heavy atom. The maximum absolute atomic E-state index is 12.8. The van der Waals surface area contributed by atoms with E-state index in [1.165, 1.54) is 12.1 Å². The van der Waals surface area contributed by atoms with E-state index in [1.54, 1.807) is 41.3 Å². The zero-order valence-electron chi connectivity index (χ0n) is 17.9. The molecule has 2 aromatic carbocycles. The van der Waals surface area contributed by atoms with Crippen molar-refractivity contribution in [1.29, 1.82) is 5.26 Å². The average Bonchev–Trinajstić information content (AvgIpc) is 3.48. The van der Waals surface area contributed by atoms with Gasteiger partial charge in [-0.2, -0.15) is 5.26 Å². The van der Waals surface area contributed by atoms with Crippen molar-refractivity contribution in [3.8, 4) is 11.8 Å². The smallest absolute Gasteiger partial charge is 0.261 e. The summed E-state index contributed by atoms with van der Waals surface area (Å²) in [5.41, 5.74) is 0.417. The molecule has 1 amide bonds. The Bertz CT molecular complexity index is 1150. The highest BCUT2D eigenvalue weighted by Crippen LogP contribution is 2.30. The van der Waals surface area contributed by atoms with Crippen LogP contribution in [0, 0.1) is 11.3 Å². The fourth-order valence-corrected chi connectivity index (χ4v) is 5.76. The lowest BCUT2D eigenvalue weighted by Gasteiger charge is -2.24. The van der Waals surface area contributed by atoms with Gasteiger partial charge in [0.25, 0.3) is 10.0 Å². The van der Waals surface area contributed by atoms with Crippen molar-refractivity contribution in [2.45, 2.75) is 48.7 Å². The first kappa shape index (κ1) is 23.5. The lowest BCUT2D eigenvalue weighted by Crippen LogP contribution is -2.47. The van der Waals surface area contributed by atoms with Crippen LogP contribution in [0.4, 0.5) is 5.69 Å². The predicted octanol–water partition coefficient (Wildman–Crippen LogP) is 3.26. The van der Waals surface area contributed by atoms with Crippen LogP contribution in [0.5, 0.6) is 5.75 Å². The van der Waals surface area contributed by atoms with Crippen molar-refractivity contribution in [2.24, 2.45) is 0 Å². The zero-order chi connectivity index (χ0) is 23.4. The molecule has 10 heteroatoms. The van der Waals surface area contributed by atoms with Gasteiger partial charge in [-0.05, 0) is 71.9 Å². The number of carbonyl (C=O) groups is 1. The molecule has 0 saturated carbocycles. The number of hydrogen-bond acceptors (Lipinski definition) is 6. The molecular formula is C23H25BrN4O4S. The number of halogens is 1. The summed E-state index contributed by atoms with van der Waals surface area (Å²) in [5.74, 6) is 0.580. The van der Waals surface area contributed by atoms with Gasteiger partial charge in [-0.3, -0.25) is 14.8 Å². The van der Waals surface area contributed by atoms with Gasteiger partial charge in [0.1, 0.15) is 18.4 Å². The molecule has 0 radical (unpaired) electrons. The molecule has 8 nitrogen and oxygen atoms in total. The minimum Gasteiger partial charge on any atom is -0.491 e. The van der Waals surface area contributed by atoms with Crippen molar-refractivity contribution in [3.63, 3.8) is 0 Å². The topological polar surface area (TPSA) is 112 Å². The van der Waals surface area contributed by atoms with Crippen LogP contribution in [0.3, 0.4) is 0 Å². The molecule has 0 aliphatic carbocycles. The summed E-state index contributed by atoms with van der Waals surface area (Å²) in [7, 11) is -3.67. The third-order valence-electron chi connectivity index (χ3n) is 5.90. The van der Waals surface area contributed by atoms with Crippen LogP contribution in [-0.4, -0.2) is 50.5 Å². The number of anilines is 1. The zero-order valence-corrected chi connectivity index (χ0v) is 20.3. The molecule has 2 aliphatic rings. The monoisotopic (exact) mass is 532 g/mol. The first-order valence-electron chi connectivity index (χ1n) is 10.8. The van der Waals surface area contributed by atoms with E-state index in [-0.39, 0.29) is 28.9 Å². The van der Waals surface area contributed by atoms with Gasteiger partial charge < -0.3 is 9.64 Å². The Labute approximate surface area is 202 Å². The number of ether oxygens (including phenoxy) is 1. The molecule has 174 valence electrons. The summed E-state index contributed by atoms with van der Waals surface area (Å²) < 4.78 is 34.1. The molecule has 0 spiro atoms. The Kier molecular flexibility index (Phi) is 7.22. The molecule has 0 unspecified atom stereocenters. The van der Waals surface area contributed by atoms with Gasteiger partial charge in [0.2, 0.25) is 5.91 Å². The number of amides is 1. The summed E-state index contributed by atoms with van der Waals surface area (Å²) in [6.45, 7) is 1.02. The second-order valence-electron chi connectivity index (χ2n) is 8.19. The average molecular weight is 533 g/mol. The van der Waals surface area contributed by atoms with Crippen LogP contribution in [-0.2, 0) is 14.8 Å². The molecule has 3 atom stereocenters. The minimum atomic E-state index is -3.67. The minimum absolute atomic E-state index is 0.00205. The number of rotatable bonds is 7. The summed E-state index contributed by atoms with van der Waals surface area (Å²) in [6, 6.07) is 14.8. The molecule has 0 aromatic heterocycles. The van der Waals surface area contributed by atoms with E-state index >= 15 is 0 Å². The van der Waals surface area contributed by atoms with Crippen LogP contribution in [0.25, 0.3) is 0 Å². The Balaban J connectivity index is 1.31. The number of nitriles is 1. The van der Waals surface area contributed by atoms with Gasteiger partial charge in [-0.1, -0.05) is 18.2 Å². The number of nitrogens with zero attached hydrogens (tertiary/aromatic N) is 2. The summed E-state index contributed by atoms with van der Waals surface area (Å²) in [5, 5.41) is 12.6. The molecule has 2 fully saturated rings. The van der Waals surface area contributed by atoms with E-state index in [9.17, 15) is 18.5 Å². The lowest BCUT2D eigenvalue weighted by atomic mass is 10.1. The van der Waals surface area contributed by atoms with Crippen LogP contribution >= 0.6 is 15.9 Å². The molecule has 2 heterocycles. The lowest BCUT2D eigenvalue weighted by molar-refractivity contribution is -0.133. The highest BCUT2D eigenvalue weighted by atomic mass is 79.9. The first-order chi connectivity index (χ1) is 15.9. The van der Waals surface area contributed by atoms with Gasteiger partial charge in [-0.25, -0.2) is 8.42 Å². The van der Waals surface area contributed by atoms with Gasteiger partial charge in [0.15, 0.2) is 0 Å². The maximum Gasteiger partial charge on any atom is 0.261 e. The van der Waals surface area contributed by atoms with E-state index in [4.69, 9.17) is 4.74 Å². The third-order valence-corrected chi connectivity index (χ3v) is 7.92. The molecular weight excluding hydrogens is 508 g/mol. The second-order valence-corrected chi connectivity index (χ2v) is 10.7. The summed E-state index contributed by atoms with van der Waals surface area (Å²) in [4.78, 5) is 14.6. The van der Waals surface area contributed by atoms with E-state index in [0.29, 0.717) is 35.5 Å². The SMILES string of the molecule is N#C[C@@H]1CCCN1C(=O)[C@@H]1CC[C@H](COc2ccc(NS(=O)(=O)c3ccccc3)cc2Br)N1. The van der Waals surface area contributed by atoms with Crippen molar-refractivity contribution >= 4 is 37.5 Å². The highest BCUT2D eigenvalue weighted by molar-refractivity contribution is 9.10. The quantitative estimate of drug-likeness (QED) is 0.565. The second kappa shape index (κ2) is 10.1. The number of benzene rings is 2. The molecule has 0 bridgehead atoms. The molecule has 2 aliphatic heterocycles. The van der Waals surface area contributed by atoms with Crippen molar-refractivity contribution in [1.82, 2.24) is 10.2 Å². The van der Waals surface area contributed by atoms with Crippen molar-refractivity contribution in [3.05, 3.63) is 53.0 Å². The van der Waals surface area contributed by atoms with Crippen LogP contribution in [0.1, 0.15) is 25.7 Å². The number of sulfonamides is 1. The van der Waals surface area contributed by atoms with Crippen molar-refractivity contribution < 1.29 is 17.9 Å². The fraction of sp³-hybridized carbons (Fsp3) is 0.391. The van der Waals surface area contributed by atoms with Crippen LogP contribution in [0.15, 0.2) is 57.9 Å². The summed E-state index contributed by atoms with van der Waals surface area (Å²) in [6.07, 6.45) is 3.12. The van der Waals surface area contributed by atoms with E-state index < -0.39 is 10.0 Å². The summed E-state index contributed by atoms with van der Waals surface area (Å²) >= 11 is 3.44. The Morgan fingerprint density at radius 1 is 1.21 bits per heavy atom. The largest absolute Gasteiger partial charge is 0.491 e. The van der Waals surface area contributed by atoms with E-state index in [2.05, 4.69) is 32.0 Å². The number of likely N-dealkylation sites (tertiary alicyclic amines) is 1. The molecule has 33 heavy (non-hydrogen) atoms. The van der Waals surface area contributed by atoms with Crippen LogP contribution in [0.2, 0.25) is 0 Å². The third kappa shape index (κ3) is 5.49. The highest BCUT2D eigenvalue weighted by Gasteiger charge is 2.37. The predicted molar refractivity (Wildman–Crippen MR) is 127 cm³/mol. The number of nitrogens with one attached hydrogen (secondary N) is 2. The van der Waals surface area contributed by atoms with E-state index in [0.717, 1.165) is 19.3 Å². The molecule has 2 saturated heterocycles.